The Morgan fingerprint density at radius 2 is 1.67 bits per heavy atom. The summed E-state index contributed by atoms with van der Waals surface area (Å²) >= 11 is 0. The van der Waals surface area contributed by atoms with Crippen molar-refractivity contribution < 1.29 is 8.42 Å². The molecule has 4 heteroatoms. The molecule has 0 heterocycles. The van der Waals surface area contributed by atoms with E-state index in [9.17, 15) is 8.42 Å². The summed E-state index contributed by atoms with van der Waals surface area (Å²) in [6.45, 7) is 13.1. The van der Waals surface area contributed by atoms with E-state index in [1.807, 2.05) is 0 Å². The number of hydrogen-bond acceptors (Lipinski definition) is 3. The molecule has 3 nitrogen and oxygen atoms in total. The molecule has 0 spiro atoms. The van der Waals surface area contributed by atoms with Crippen LogP contribution >= 0.6 is 0 Å². The first-order valence-electron chi connectivity index (χ1n) is 6.91. The standard InChI is InChI=1S/C14H31NO2S/c1-12(2)10-15-11-13(14(3,4)5)8-7-9-18(6,16)17/h12-13,15H,7-11H2,1-6H3. The van der Waals surface area contributed by atoms with Crippen LogP contribution in [0.3, 0.4) is 0 Å². The second-order valence-electron chi connectivity index (χ2n) is 6.89. The zero-order valence-corrected chi connectivity index (χ0v) is 13.7. The molecule has 0 radical (unpaired) electrons. The SMILES string of the molecule is CC(C)CNCC(CCCS(C)(=O)=O)C(C)(C)C. The van der Waals surface area contributed by atoms with Gasteiger partial charge in [0.15, 0.2) is 0 Å². The molecule has 0 aliphatic carbocycles. The van der Waals surface area contributed by atoms with Crippen LogP contribution in [0.1, 0.15) is 47.5 Å². The van der Waals surface area contributed by atoms with E-state index < -0.39 is 9.84 Å². The summed E-state index contributed by atoms with van der Waals surface area (Å²) in [5.74, 6) is 1.49. The van der Waals surface area contributed by atoms with Gasteiger partial charge in [-0.05, 0) is 43.2 Å². The van der Waals surface area contributed by atoms with Crippen LogP contribution in [-0.2, 0) is 9.84 Å². The summed E-state index contributed by atoms with van der Waals surface area (Å²) in [7, 11) is -2.82. The van der Waals surface area contributed by atoms with Gasteiger partial charge in [0.1, 0.15) is 9.84 Å². The average Bonchev–Trinajstić information content (AvgIpc) is 2.11. The minimum absolute atomic E-state index is 0.224. The van der Waals surface area contributed by atoms with Gasteiger partial charge in [-0.25, -0.2) is 8.42 Å². The maximum Gasteiger partial charge on any atom is 0.147 e. The number of sulfone groups is 1. The van der Waals surface area contributed by atoms with Crippen molar-refractivity contribution in [1.29, 1.82) is 0 Å². The second-order valence-corrected chi connectivity index (χ2v) is 9.15. The van der Waals surface area contributed by atoms with Gasteiger partial charge >= 0.3 is 0 Å². The van der Waals surface area contributed by atoms with Crippen molar-refractivity contribution in [2.24, 2.45) is 17.3 Å². The van der Waals surface area contributed by atoms with Gasteiger partial charge in [-0.15, -0.1) is 0 Å². The summed E-state index contributed by atoms with van der Waals surface area (Å²) in [5, 5.41) is 3.49. The molecule has 0 rings (SSSR count). The number of hydrogen-bond donors (Lipinski definition) is 1. The normalized spacial score (nSPS) is 15.1. The van der Waals surface area contributed by atoms with Crippen LogP contribution in [0.5, 0.6) is 0 Å². The van der Waals surface area contributed by atoms with Gasteiger partial charge in [-0.1, -0.05) is 34.6 Å². The van der Waals surface area contributed by atoms with Crippen molar-refractivity contribution in [3.8, 4) is 0 Å². The molecule has 0 saturated carbocycles. The highest BCUT2D eigenvalue weighted by Crippen LogP contribution is 2.29. The Morgan fingerprint density at radius 1 is 1.11 bits per heavy atom. The van der Waals surface area contributed by atoms with Crippen LogP contribution in [0.25, 0.3) is 0 Å². The summed E-state index contributed by atoms with van der Waals surface area (Å²) in [5.41, 5.74) is 0.224. The predicted molar refractivity (Wildman–Crippen MR) is 79.6 cm³/mol. The fraction of sp³-hybridized carbons (Fsp3) is 1.00. The highest BCUT2D eigenvalue weighted by atomic mass is 32.2. The fourth-order valence-corrected chi connectivity index (χ4v) is 2.67. The summed E-state index contributed by atoms with van der Waals surface area (Å²) in [6.07, 6.45) is 3.06. The third kappa shape index (κ3) is 9.89. The largest absolute Gasteiger partial charge is 0.316 e. The van der Waals surface area contributed by atoms with Crippen molar-refractivity contribution in [1.82, 2.24) is 5.32 Å². The Labute approximate surface area is 114 Å². The molecular formula is C14H31NO2S. The molecule has 0 aliphatic heterocycles. The van der Waals surface area contributed by atoms with Gasteiger partial charge in [0, 0.05) is 12.0 Å². The Balaban J connectivity index is 4.17. The van der Waals surface area contributed by atoms with Gasteiger partial charge in [-0.2, -0.15) is 0 Å². The lowest BCUT2D eigenvalue weighted by Crippen LogP contribution is -2.33. The smallest absolute Gasteiger partial charge is 0.147 e. The van der Waals surface area contributed by atoms with Crippen LogP contribution in [0.15, 0.2) is 0 Å². The maximum atomic E-state index is 11.2. The van der Waals surface area contributed by atoms with Crippen LogP contribution < -0.4 is 5.32 Å². The molecule has 0 amide bonds. The summed E-state index contributed by atoms with van der Waals surface area (Å²) in [4.78, 5) is 0. The Hall–Kier alpha value is -0.0900. The first kappa shape index (κ1) is 17.9. The van der Waals surface area contributed by atoms with E-state index in [0.29, 0.717) is 17.6 Å². The van der Waals surface area contributed by atoms with E-state index in [4.69, 9.17) is 0 Å². The van der Waals surface area contributed by atoms with Crippen LogP contribution in [0.2, 0.25) is 0 Å². The van der Waals surface area contributed by atoms with Crippen molar-refractivity contribution in [2.75, 3.05) is 25.1 Å². The van der Waals surface area contributed by atoms with Crippen LogP contribution in [0.4, 0.5) is 0 Å². The molecule has 1 N–H and O–H groups in total. The van der Waals surface area contributed by atoms with E-state index >= 15 is 0 Å². The quantitative estimate of drug-likeness (QED) is 0.742. The number of nitrogens with one attached hydrogen (secondary N) is 1. The predicted octanol–water partition coefficient (Wildman–Crippen LogP) is 2.72. The molecule has 1 unspecified atom stereocenters. The molecule has 0 fully saturated rings. The fourth-order valence-electron chi connectivity index (χ4n) is 1.98. The average molecular weight is 277 g/mol. The van der Waals surface area contributed by atoms with Crippen molar-refractivity contribution in [3.63, 3.8) is 0 Å². The Morgan fingerprint density at radius 3 is 2.06 bits per heavy atom. The first-order chi connectivity index (χ1) is 8.02. The van der Waals surface area contributed by atoms with Crippen molar-refractivity contribution in [3.05, 3.63) is 0 Å². The Kier molecular flexibility index (Phi) is 7.45. The molecular weight excluding hydrogens is 246 g/mol. The monoisotopic (exact) mass is 277 g/mol. The first-order valence-corrected chi connectivity index (χ1v) is 8.97. The van der Waals surface area contributed by atoms with Crippen LogP contribution in [0, 0.1) is 17.3 Å². The van der Waals surface area contributed by atoms with Gasteiger partial charge in [0.2, 0.25) is 0 Å². The maximum absolute atomic E-state index is 11.2. The Bertz CT molecular complexity index is 315. The third-order valence-corrected chi connectivity index (χ3v) is 4.27. The minimum atomic E-state index is -2.82. The summed E-state index contributed by atoms with van der Waals surface area (Å²) in [6, 6.07) is 0. The molecule has 110 valence electrons. The lowest BCUT2D eigenvalue weighted by Gasteiger charge is -2.31. The number of rotatable bonds is 8. The van der Waals surface area contributed by atoms with Crippen LogP contribution in [-0.4, -0.2) is 33.5 Å². The van der Waals surface area contributed by atoms with E-state index in [1.54, 1.807) is 0 Å². The minimum Gasteiger partial charge on any atom is -0.316 e. The van der Waals surface area contributed by atoms with Gasteiger partial charge in [-0.3, -0.25) is 0 Å². The molecule has 0 aromatic carbocycles. The lowest BCUT2D eigenvalue weighted by atomic mass is 9.78. The highest BCUT2D eigenvalue weighted by molar-refractivity contribution is 7.90. The van der Waals surface area contributed by atoms with Crippen molar-refractivity contribution >= 4 is 9.84 Å². The van der Waals surface area contributed by atoms with E-state index in [-0.39, 0.29) is 5.41 Å². The van der Waals surface area contributed by atoms with Gasteiger partial charge in [0.05, 0.1) is 0 Å². The molecule has 18 heavy (non-hydrogen) atoms. The van der Waals surface area contributed by atoms with Gasteiger partial charge in [0.25, 0.3) is 0 Å². The lowest BCUT2D eigenvalue weighted by molar-refractivity contribution is 0.215. The summed E-state index contributed by atoms with van der Waals surface area (Å²) < 4.78 is 22.3. The topological polar surface area (TPSA) is 46.2 Å². The van der Waals surface area contributed by atoms with E-state index in [2.05, 4.69) is 39.9 Å². The zero-order chi connectivity index (χ0) is 14.4. The molecule has 0 aromatic heterocycles. The highest BCUT2D eigenvalue weighted by Gasteiger charge is 2.24. The van der Waals surface area contributed by atoms with Gasteiger partial charge < -0.3 is 5.32 Å². The molecule has 0 bridgehead atoms. The second kappa shape index (κ2) is 7.49. The third-order valence-electron chi connectivity index (χ3n) is 3.24. The molecule has 0 aromatic rings. The molecule has 0 saturated heterocycles. The molecule has 0 aliphatic rings. The van der Waals surface area contributed by atoms with Crippen molar-refractivity contribution in [2.45, 2.75) is 47.5 Å². The zero-order valence-electron chi connectivity index (χ0n) is 12.9. The van der Waals surface area contributed by atoms with E-state index in [0.717, 1.165) is 25.9 Å². The van der Waals surface area contributed by atoms with E-state index in [1.165, 1.54) is 6.26 Å². The molecule has 1 atom stereocenters.